The van der Waals surface area contributed by atoms with Gasteiger partial charge in [0, 0.05) is 21.5 Å². The van der Waals surface area contributed by atoms with Crippen LogP contribution in [-0.4, -0.2) is 8.42 Å². The lowest BCUT2D eigenvalue weighted by Crippen LogP contribution is -2.25. The van der Waals surface area contributed by atoms with Gasteiger partial charge in [0.25, 0.3) is 0 Å². The van der Waals surface area contributed by atoms with Gasteiger partial charge in [-0.2, -0.15) is 8.42 Å². The number of hydrogen-bond donors (Lipinski definition) is 0. The van der Waals surface area contributed by atoms with Crippen LogP contribution in [0, 0.1) is 0 Å². The largest absolute Gasteiger partial charge is 0.378 e. The lowest BCUT2D eigenvalue weighted by atomic mass is 10.1. The van der Waals surface area contributed by atoms with Crippen molar-refractivity contribution in [2.45, 2.75) is 4.21 Å². The Morgan fingerprint density at radius 2 is 1.14 bits per heavy atom. The molecule has 4 nitrogen and oxygen atoms in total. The molecule has 0 amide bonds. The zero-order valence-corrected chi connectivity index (χ0v) is 25.6. The summed E-state index contributed by atoms with van der Waals surface area (Å²) < 4.78 is 37.4. The maximum absolute atomic E-state index is 13.0. The van der Waals surface area contributed by atoms with E-state index in [1.165, 1.54) is 0 Å². The van der Waals surface area contributed by atoms with Crippen molar-refractivity contribution in [1.29, 1.82) is 0 Å². The highest BCUT2D eigenvalue weighted by atomic mass is 32.3. The van der Waals surface area contributed by atoms with Gasteiger partial charge in [-0.1, -0.05) is 140 Å². The van der Waals surface area contributed by atoms with Gasteiger partial charge in [-0.15, -0.1) is 11.3 Å². The van der Waals surface area contributed by atoms with E-state index in [0.717, 1.165) is 44.1 Å². The fraction of sp³-hybridized carbons (Fsp3) is 0. The fourth-order valence-electron chi connectivity index (χ4n) is 4.85. The highest BCUT2D eigenvalue weighted by Gasteiger charge is 2.28. The summed E-state index contributed by atoms with van der Waals surface area (Å²) in [6.07, 6.45) is 3.97. The molecule has 5 aromatic carbocycles. The minimum atomic E-state index is -3.96. The van der Waals surface area contributed by atoms with Crippen LogP contribution in [0.5, 0.6) is 5.75 Å². The van der Waals surface area contributed by atoms with Gasteiger partial charge in [0.05, 0.1) is 12.7 Å². The summed E-state index contributed by atoms with van der Waals surface area (Å²) in [5.74, 6) is 0.225. The van der Waals surface area contributed by atoms with E-state index in [-0.39, 0.29) is 9.96 Å². The van der Waals surface area contributed by atoms with E-state index in [1.54, 1.807) is 29.6 Å². The van der Waals surface area contributed by atoms with Crippen molar-refractivity contribution >= 4 is 62.3 Å². The Labute approximate surface area is 256 Å². The van der Waals surface area contributed by atoms with E-state index >= 15 is 0 Å². The highest BCUT2D eigenvalue weighted by Crippen LogP contribution is 2.50. The fourth-order valence-corrected chi connectivity index (χ4v) is 10.3. The first-order valence-corrected chi connectivity index (χ1v) is 17.7. The van der Waals surface area contributed by atoms with Crippen molar-refractivity contribution in [1.82, 2.24) is 0 Å². The van der Waals surface area contributed by atoms with Gasteiger partial charge in [-0.25, -0.2) is 0 Å². The van der Waals surface area contributed by atoms with Crippen LogP contribution in [0.4, 0.5) is 5.69 Å². The topological polar surface area (TPSA) is 55.7 Å². The van der Waals surface area contributed by atoms with Crippen molar-refractivity contribution in [2.24, 2.45) is 4.74 Å². The summed E-state index contributed by atoms with van der Waals surface area (Å²) in [4.78, 5) is 0. The van der Waals surface area contributed by atoms with E-state index in [0.29, 0.717) is 0 Å². The molecule has 43 heavy (non-hydrogen) atoms. The molecule has 0 aliphatic rings. The van der Waals surface area contributed by atoms with E-state index < -0.39 is 17.2 Å². The third-order valence-corrected chi connectivity index (χ3v) is 13.1. The number of nitrogens with zero attached hydrogens (tertiary/aromatic N) is 1. The Morgan fingerprint density at radius 3 is 1.65 bits per heavy atom. The number of rotatable bonds is 9. The van der Waals surface area contributed by atoms with E-state index in [2.05, 4.69) is 36.4 Å². The van der Waals surface area contributed by atoms with Crippen LogP contribution >= 0.6 is 18.4 Å². The molecule has 0 atom stereocenters. The number of thiophene rings is 1. The molecule has 0 N–H and O–H groups in total. The Morgan fingerprint density at radius 1 is 0.605 bits per heavy atom. The molecule has 0 radical (unpaired) electrons. The average Bonchev–Trinajstić information content (AvgIpc) is 3.62. The molecule has 6 aromatic rings. The molecule has 0 fully saturated rings. The van der Waals surface area contributed by atoms with Crippen LogP contribution in [0.1, 0.15) is 11.1 Å². The average molecular weight is 618 g/mol. The second-order valence-corrected chi connectivity index (χ2v) is 15.4. The summed E-state index contributed by atoms with van der Waals surface area (Å²) in [7, 11) is -6.52. The Balaban J connectivity index is 1.60. The zero-order chi connectivity index (χ0) is 29.5. The monoisotopic (exact) mass is 617 g/mol. The number of benzene rings is 5. The summed E-state index contributed by atoms with van der Waals surface area (Å²) >= 11 is 1.12. The van der Waals surface area contributed by atoms with E-state index in [9.17, 15) is 8.42 Å². The van der Waals surface area contributed by atoms with Gasteiger partial charge >= 0.3 is 10.1 Å². The van der Waals surface area contributed by atoms with Crippen molar-refractivity contribution in [2.75, 3.05) is 0 Å². The Bertz CT molecular complexity index is 1890. The molecule has 0 spiro atoms. The van der Waals surface area contributed by atoms with Crippen molar-refractivity contribution < 1.29 is 12.6 Å². The zero-order valence-electron chi connectivity index (χ0n) is 23.1. The van der Waals surface area contributed by atoms with Crippen LogP contribution in [-0.2, 0) is 10.1 Å². The molecule has 7 heteroatoms. The van der Waals surface area contributed by atoms with Crippen LogP contribution in [0.3, 0.4) is 0 Å². The SMILES string of the molecule is O=S(=O)(Oc1ccc(N=P(c2ccccc2)(c2ccccc2)c2ccccc2)c(C=Cc2ccccc2)c1)c1cccs1. The van der Waals surface area contributed by atoms with Crippen molar-refractivity contribution in [3.8, 4) is 5.75 Å². The van der Waals surface area contributed by atoms with Crippen LogP contribution in [0.15, 0.2) is 166 Å². The molecule has 1 heterocycles. The second kappa shape index (κ2) is 12.8. The lowest BCUT2D eigenvalue weighted by molar-refractivity contribution is 0.488. The van der Waals surface area contributed by atoms with Gasteiger partial charge < -0.3 is 4.18 Å². The number of hydrogen-bond acceptors (Lipinski definition) is 5. The molecule has 0 saturated heterocycles. The predicted octanol–water partition coefficient (Wildman–Crippen LogP) is 8.50. The van der Waals surface area contributed by atoms with Crippen molar-refractivity contribution in [3.63, 3.8) is 0 Å². The summed E-state index contributed by atoms with van der Waals surface area (Å²) in [5.41, 5.74) is 2.49. The predicted molar refractivity (Wildman–Crippen MR) is 181 cm³/mol. The van der Waals surface area contributed by atoms with Gasteiger partial charge in [0.15, 0.2) is 4.21 Å². The van der Waals surface area contributed by atoms with Gasteiger partial charge in [0.2, 0.25) is 0 Å². The van der Waals surface area contributed by atoms with E-state index in [4.69, 9.17) is 8.93 Å². The molecule has 1 aromatic heterocycles. The van der Waals surface area contributed by atoms with Crippen molar-refractivity contribution in [3.05, 3.63) is 168 Å². The molecule has 0 bridgehead atoms. The normalized spacial score (nSPS) is 11.8. The van der Waals surface area contributed by atoms with E-state index in [1.807, 2.05) is 103 Å². The lowest BCUT2D eigenvalue weighted by Gasteiger charge is -2.27. The molecule has 0 unspecified atom stereocenters. The molecular formula is C36H28NO3PS2. The van der Waals surface area contributed by atoms with Gasteiger partial charge in [0.1, 0.15) is 5.75 Å². The molecular weight excluding hydrogens is 590 g/mol. The molecule has 0 aliphatic heterocycles. The molecule has 0 saturated carbocycles. The van der Waals surface area contributed by atoms with Gasteiger partial charge in [-0.05, 0) is 35.2 Å². The Hall–Kier alpha value is -4.48. The van der Waals surface area contributed by atoms with Crippen LogP contribution in [0.2, 0.25) is 0 Å². The van der Waals surface area contributed by atoms with Crippen LogP contribution in [0.25, 0.3) is 12.2 Å². The summed E-state index contributed by atoms with van der Waals surface area (Å²) in [6.45, 7) is 0. The third kappa shape index (κ3) is 6.32. The maximum atomic E-state index is 13.0. The molecule has 212 valence electrons. The Kier molecular flexibility index (Phi) is 8.52. The third-order valence-electron chi connectivity index (χ3n) is 6.85. The minimum absolute atomic E-state index is 0.157. The first kappa shape index (κ1) is 28.6. The van der Waals surface area contributed by atoms with Crippen LogP contribution < -0.4 is 20.1 Å². The maximum Gasteiger partial charge on any atom is 0.348 e. The highest BCUT2D eigenvalue weighted by molar-refractivity contribution is 7.89. The molecule has 6 rings (SSSR count). The quantitative estimate of drug-likeness (QED) is 0.0929. The first-order valence-electron chi connectivity index (χ1n) is 13.7. The smallest absolute Gasteiger partial charge is 0.348 e. The summed E-state index contributed by atoms with van der Waals surface area (Å²) in [6, 6.07) is 49.7. The van der Waals surface area contributed by atoms with Gasteiger partial charge in [-0.3, -0.25) is 4.74 Å². The molecule has 0 aliphatic carbocycles. The first-order chi connectivity index (χ1) is 21.0. The minimum Gasteiger partial charge on any atom is -0.378 e. The summed E-state index contributed by atoms with van der Waals surface area (Å²) in [5, 5.41) is 5.06. The second-order valence-electron chi connectivity index (χ2n) is 9.68. The standard InChI is InChI=1S/C36H28NO3PS2/c38-43(39,36-22-13-27-42-36)40-31-25-26-35(30(28-31)24-23-29-14-5-1-6-15-29)37-41(32-16-7-2-8-17-32,33-18-9-3-10-19-33)34-20-11-4-12-21-34/h1-28H.